The van der Waals surface area contributed by atoms with Gasteiger partial charge in [0.25, 0.3) is 0 Å². The molecule has 0 aliphatic carbocycles. The van der Waals surface area contributed by atoms with Gasteiger partial charge in [-0.3, -0.25) is 4.79 Å². The molecule has 2 aromatic carbocycles. The van der Waals surface area contributed by atoms with Crippen LogP contribution in [0, 0.1) is 0 Å². The minimum atomic E-state index is -1.67. The Morgan fingerprint density at radius 1 is 0.810 bits per heavy atom. The third-order valence-electron chi connectivity index (χ3n) is 5.84. The van der Waals surface area contributed by atoms with Crippen molar-refractivity contribution in [3.8, 4) is 17.2 Å². The monoisotopic (exact) mass is 589 g/mol. The SMILES string of the molecule is CCCCOC(=O)Oc1ccc(CC(N)(C[C@H](C)OC(=O)Oc2ccccc2)C(=O)OC)cc1OC(=O)OCCCC. The van der Waals surface area contributed by atoms with Crippen LogP contribution in [0.15, 0.2) is 48.5 Å². The van der Waals surface area contributed by atoms with Crippen LogP contribution in [0.1, 0.15) is 58.4 Å². The molecule has 230 valence electrons. The molecule has 0 fully saturated rings. The Bertz CT molecular complexity index is 1170. The number of nitrogens with two attached hydrogens (primary N) is 1. The molecular weight excluding hydrogens is 550 g/mol. The van der Waals surface area contributed by atoms with Gasteiger partial charge in [-0.15, -0.1) is 0 Å². The van der Waals surface area contributed by atoms with Gasteiger partial charge in [0.1, 0.15) is 17.4 Å². The van der Waals surface area contributed by atoms with Crippen LogP contribution in [0.25, 0.3) is 0 Å². The van der Waals surface area contributed by atoms with E-state index in [0.29, 0.717) is 24.2 Å². The quantitative estimate of drug-likeness (QED) is 0.117. The first-order valence-corrected chi connectivity index (χ1v) is 13.7. The number of ether oxygens (including phenoxy) is 7. The molecule has 42 heavy (non-hydrogen) atoms. The zero-order valence-corrected chi connectivity index (χ0v) is 24.4. The first-order valence-electron chi connectivity index (χ1n) is 13.7. The van der Waals surface area contributed by atoms with Crippen LogP contribution in [-0.4, -0.2) is 56.4 Å². The number of methoxy groups -OCH3 is 1. The van der Waals surface area contributed by atoms with Crippen LogP contribution in [0.2, 0.25) is 0 Å². The van der Waals surface area contributed by atoms with Crippen molar-refractivity contribution in [1.29, 1.82) is 0 Å². The third-order valence-corrected chi connectivity index (χ3v) is 5.84. The second-order valence-electron chi connectivity index (χ2n) is 9.51. The highest BCUT2D eigenvalue weighted by Gasteiger charge is 2.38. The van der Waals surface area contributed by atoms with E-state index in [0.717, 1.165) is 12.8 Å². The van der Waals surface area contributed by atoms with E-state index in [9.17, 15) is 19.2 Å². The lowest BCUT2D eigenvalue weighted by molar-refractivity contribution is -0.148. The molecule has 2 rings (SSSR count). The van der Waals surface area contributed by atoms with Gasteiger partial charge >= 0.3 is 24.4 Å². The molecule has 0 aliphatic heterocycles. The number of carbonyl (C=O) groups excluding carboxylic acids is 4. The average molecular weight is 590 g/mol. The van der Waals surface area contributed by atoms with Gasteiger partial charge in [0.05, 0.1) is 20.3 Å². The smallest absolute Gasteiger partial charge is 0.468 e. The zero-order valence-electron chi connectivity index (χ0n) is 24.4. The van der Waals surface area contributed by atoms with E-state index in [4.69, 9.17) is 38.9 Å². The number of carbonyl (C=O) groups is 4. The Hall–Kier alpha value is -4.32. The number of esters is 1. The molecule has 0 bridgehead atoms. The molecule has 0 amide bonds. The molecule has 2 atom stereocenters. The lowest BCUT2D eigenvalue weighted by atomic mass is 9.86. The Morgan fingerprint density at radius 2 is 1.40 bits per heavy atom. The second kappa shape index (κ2) is 17.5. The molecule has 0 radical (unpaired) electrons. The van der Waals surface area contributed by atoms with Crippen molar-refractivity contribution in [2.45, 2.75) is 70.9 Å². The Morgan fingerprint density at radius 3 is 1.98 bits per heavy atom. The van der Waals surface area contributed by atoms with Crippen molar-refractivity contribution in [1.82, 2.24) is 0 Å². The Labute approximate surface area is 245 Å². The number of rotatable bonds is 15. The highest BCUT2D eigenvalue weighted by atomic mass is 16.7. The van der Waals surface area contributed by atoms with Gasteiger partial charge in [0.15, 0.2) is 11.5 Å². The summed E-state index contributed by atoms with van der Waals surface area (Å²) < 4.78 is 36.0. The highest BCUT2D eigenvalue weighted by Crippen LogP contribution is 2.32. The fraction of sp³-hybridized carbons (Fsp3) is 0.467. The van der Waals surface area contributed by atoms with Crippen LogP contribution >= 0.6 is 0 Å². The molecule has 0 aliphatic rings. The summed E-state index contributed by atoms with van der Waals surface area (Å²) in [6, 6.07) is 12.6. The molecule has 12 nitrogen and oxygen atoms in total. The van der Waals surface area contributed by atoms with Gasteiger partial charge < -0.3 is 38.9 Å². The molecular formula is C30H39NO11. The van der Waals surface area contributed by atoms with Crippen LogP contribution < -0.4 is 19.9 Å². The lowest BCUT2D eigenvalue weighted by Crippen LogP contribution is -2.53. The van der Waals surface area contributed by atoms with Crippen molar-refractivity contribution >= 4 is 24.4 Å². The zero-order chi connectivity index (χ0) is 31.0. The van der Waals surface area contributed by atoms with Gasteiger partial charge in [-0.25, -0.2) is 14.4 Å². The minimum absolute atomic E-state index is 0.103. The lowest BCUT2D eigenvalue weighted by Gasteiger charge is -2.29. The number of hydrogen-bond donors (Lipinski definition) is 1. The number of unbranched alkanes of at least 4 members (excludes halogenated alkanes) is 2. The van der Waals surface area contributed by atoms with Gasteiger partial charge in [-0.2, -0.15) is 0 Å². The summed E-state index contributed by atoms with van der Waals surface area (Å²) in [6.45, 7) is 5.74. The second-order valence-corrected chi connectivity index (χ2v) is 9.51. The summed E-state index contributed by atoms with van der Waals surface area (Å²) in [6.07, 6.45) is -1.15. The number of benzene rings is 2. The summed E-state index contributed by atoms with van der Waals surface area (Å²) >= 11 is 0. The highest BCUT2D eigenvalue weighted by molar-refractivity contribution is 5.81. The van der Waals surface area contributed by atoms with E-state index in [-0.39, 0.29) is 37.6 Å². The molecule has 0 saturated carbocycles. The summed E-state index contributed by atoms with van der Waals surface area (Å²) in [4.78, 5) is 49.5. The van der Waals surface area contributed by atoms with E-state index >= 15 is 0 Å². The predicted octanol–water partition coefficient (Wildman–Crippen LogP) is 5.72. The maximum absolute atomic E-state index is 12.8. The van der Waals surface area contributed by atoms with Crippen molar-refractivity contribution in [3.05, 3.63) is 54.1 Å². The standard InChI is InChI=1S/C30H39NO11/c1-5-7-16-37-27(33)41-24-15-14-22(18-25(24)42-28(34)38-17-8-6-2)20-30(31,26(32)36-4)19-21(3)39-29(35)40-23-12-10-9-11-13-23/h9-15,18,21H,5-8,16-17,19-20,31H2,1-4H3/t21-,30?/m0/s1. The Kier molecular flexibility index (Phi) is 14.1. The van der Waals surface area contributed by atoms with E-state index in [2.05, 4.69) is 0 Å². The summed E-state index contributed by atoms with van der Waals surface area (Å²) in [5.74, 6) is -0.729. The van der Waals surface area contributed by atoms with Gasteiger partial charge in [-0.05, 0) is 49.6 Å². The van der Waals surface area contributed by atoms with Crippen molar-refractivity contribution in [2.75, 3.05) is 20.3 Å². The first-order chi connectivity index (χ1) is 20.1. The van der Waals surface area contributed by atoms with Crippen LogP contribution in [-0.2, 0) is 30.2 Å². The van der Waals surface area contributed by atoms with Gasteiger partial charge in [0, 0.05) is 12.8 Å². The average Bonchev–Trinajstić information content (AvgIpc) is 2.94. The van der Waals surface area contributed by atoms with Crippen molar-refractivity contribution in [3.63, 3.8) is 0 Å². The normalized spacial score (nSPS) is 12.7. The maximum Gasteiger partial charge on any atom is 0.514 e. The van der Waals surface area contributed by atoms with E-state index in [1.54, 1.807) is 37.3 Å². The van der Waals surface area contributed by atoms with Crippen LogP contribution in [0.3, 0.4) is 0 Å². The maximum atomic E-state index is 12.8. The molecule has 2 aromatic rings. The molecule has 0 heterocycles. The third kappa shape index (κ3) is 11.7. The fourth-order valence-corrected chi connectivity index (χ4v) is 3.79. The fourth-order valence-electron chi connectivity index (χ4n) is 3.79. The predicted molar refractivity (Wildman–Crippen MR) is 150 cm³/mol. The summed E-state index contributed by atoms with van der Waals surface area (Å²) in [5, 5.41) is 0. The number of hydrogen-bond acceptors (Lipinski definition) is 12. The molecule has 0 aromatic heterocycles. The van der Waals surface area contributed by atoms with E-state index in [1.165, 1.54) is 25.3 Å². The topological polar surface area (TPSA) is 159 Å². The van der Waals surface area contributed by atoms with Gasteiger partial charge in [0.2, 0.25) is 0 Å². The van der Waals surface area contributed by atoms with Crippen molar-refractivity contribution < 1.29 is 52.3 Å². The summed E-state index contributed by atoms with van der Waals surface area (Å²) in [5.41, 5.74) is 5.24. The molecule has 12 heteroatoms. The largest absolute Gasteiger partial charge is 0.514 e. The number of para-hydroxylation sites is 1. The van der Waals surface area contributed by atoms with Crippen molar-refractivity contribution in [2.24, 2.45) is 5.73 Å². The van der Waals surface area contributed by atoms with Gasteiger partial charge in [-0.1, -0.05) is 51.0 Å². The first kappa shape index (κ1) is 33.9. The summed E-state index contributed by atoms with van der Waals surface area (Å²) in [7, 11) is 1.18. The molecule has 0 saturated heterocycles. The molecule has 2 N–H and O–H groups in total. The van der Waals surface area contributed by atoms with Crippen LogP contribution in [0.4, 0.5) is 14.4 Å². The Balaban J connectivity index is 2.22. The molecule has 0 spiro atoms. The minimum Gasteiger partial charge on any atom is -0.468 e. The van der Waals surface area contributed by atoms with E-state index < -0.39 is 36.1 Å². The van der Waals surface area contributed by atoms with E-state index in [1.807, 2.05) is 13.8 Å². The molecule has 1 unspecified atom stereocenters. The van der Waals surface area contributed by atoms with Crippen LogP contribution in [0.5, 0.6) is 17.2 Å².